The van der Waals surface area contributed by atoms with E-state index in [-0.39, 0.29) is 5.91 Å². The van der Waals surface area contributed by atoms with Crippen molar-refractivity contribution in [3.63, 3.8) is 0 Å². The lowest BCUT2D eigenvalue weighted by molar-refractivity contribution is 0.00885. The number of carbonyl (C=O) groups is 1. The molecular formula is C8H11N3O3. The molecule has 1 N–H and O–H groups in total. The fourth-order valence-electron chi connectivity index (χ4n) is 0.726. The van der Waals surface area contributed by atoms with Crippen molar-refractivity contribution < 1.29 is 14.4 Å². The molecule has 0 atom stereocenters. The van der Waals surface area contributed by atoms with Crippen LogP contribution in [0.5, 0.6) is 0 Å². The fourth-order valence-corrected chi connectivity index (χ4v) is 0.726. The maximum atomic E-state index is 11.3. The first-order valence-corrected chi connectivity index (χ1v) is 4.02. The van der Waals surface area contributed by atoms with E-state index in [1.165, 1.54) is 12.4 Å². The van der Waals surface area contributed by atoms with Gasteiger partial charge in [-0.1, -0.05) is 0 Å². The third-order valence-corrected chi connectivity index (χ3v) is 1.40. The molecule has 1 aromatic heterocycles. The Hall–Kier alpha value is -1.53. The Kier molecular flexibility index (Phi) is 4.53. The number of hydrogen-bond donors (Lipinski definition) is 1. The summed E-state index contributed by atoms with van der Waals surface area (Å²) in [5, 5.41) is 7.11. The standard InChI is InChI=1S/C8H11N3O3/c1-13-4-5-14-11-8(12)7-2-3-9-10-6-7/h2-3,6H,4-5H2,1H3,(H,11,12). The summed E-state index contributed by atoms with van der Waals surface area (Å²) in [5.41, 5.74) is 2.65. The third-order valence-electron chi connectivity index (χ3n) is 1.40. The van der Waals surface area contributed by atoms with Crippen LogP contribution in [0.2, 0.25) is 0 Å². The van der Waals surface area contributed by atoms with Crippen molar-refractivity contribution in [2.45, 2.75) is 0 Å². The molecule has 0 aliphatic rings. The molecule has 1 heterocycles. The molecule has 0 unspecified atom stereocenters. The Balaban J connectivity index is 2.29. The van der Waals surface area contributed by atoms with Crippen molar-refractivity contribution in [2.75, 3.05) is 20.3 Å². The van der Waals surface area contributed by atoms with Crippen molar-refractivity contribution in [3.05, 3.63) is 24.0 Å². The number of nitrogens with one attached hydrogen (secondary N) is 1. The molecule has 0 fully saturated rings. The van der Waals surface area contributed by atoms with Gasteiger partial charge in [0, 0.05) is 7.11 Å². The predicted molar refractivity (Wildman–Crippen MR) is 47.3 cm³/mol. The summed E-state index contributed by atoms with van der Waals surface area (Å²) >= 11 is 0. The minimum atomic E-state index is -0.351. The Labute approximate surface area is 81.2 Å². The number of hydrogen-bond acceptors (Lipinski definition) is 5. The van der Waals surface area contributed by atoms with Gasteiger partial charge in [0.1, 0.15) is 0 Å². The van der Waals surface area contributed by atoms with Gasteiger partial charge in [0.2, 0.25) is 0 Å². The van der Waals surface area contributed by atoms with E-state index in [0.717, 1.165) is 0 Å². The molecule has 0 aliphatic carbocycles. The largest absolute Gasteiger partial charge is 0.382 e. The highest BCUT2D eigenvalue weighted by atomic mass is 16.7. The van der Waals surface area contributed by atoms with Gasteiger partial charge in [0.05, 0.1) is 31.2 Å². The van der Waals surface area contributed by atoms with Crippen molar-refractivity contribution in [1.82, 2.24) is 15.7 Å². The average Bonchev–Trinajstić information content (AvgIpc) is 2.25. The number of amides is 1. The van der Waals surface area contributed by atoms with Crippen LogP contribution < -0.4 is 5.48 Å². The molecule has 0 aliphatic heterocycles. The van der Waals surface area contributed by atoms with Crippen molar-refractivity contribution in [3.8, 4) is 0 Å². The summed E-state index contributed by atoms with van der Waals surface area (Å²) in [6.07, 6.45) is 2.79. The van der Waals surface area contributed by atoms with Gasteiger partial charge in [-0.15, -0.1) is 0 Å². The van der Waals surface area contributed by atoms with Crippen LogP contribution in [0, 0.1) is 0 Å². The number of aromatic nitrogens is 2. The van der Waals surface area contributed by atoms with Crippen LogP contribution in [0.25, 0.3) is 0 Å². The zero-order valence-corrected chi connectivity index (χ0v) is 7.77. The fraction of sp³-hybridized carbons (Fsp3) is 0.375. The van der Waals surface area contributed by atoms with Crippen LogP contribution in [0.3, 0.4) is 0 Å². The minimum Gasteiger partial charge on any atom is -0.382 e. The number of hydroxylamine groups is 1. The lowest BCUT2D eigenvalue weighted by Crippen LogP contribution is -2.25. The second kappa shape index (κ2) is 6.01. The molecule has 0 spiro atoms. The topological polar surface area (TPSA) is 73.3 Å². The van der Waals surface area contributed by atoms with E-state index in [2.05, 4.69) is 15.7 Å². The second-order valence-corrected chi connectivity index (χ2v) is 2.40. The molecule has 1 aromatic rings. The normalized spacial score (nSPS) is 9.79. The maximum Gasteiger partial charge on any atom is 0.276 e. The Morgan fingerprint density at radius 2 is 2.36 bits per heavy atom. The van der Waals surface area contributed by atoms with E-state index in [4.69, 9.17) is 9.57 Å². The molecule has 6 heteroatoms. The summed E-state index contributed by atoms with van der Waals surface area (Å²) < 4.78 is 4.73. The van der Waals surface area contributed by atoms with E-state index in [9.17, 15) is 4.79 Å². The molecule has 14 heavy (non-hydrogen) atoms. The van der Waals surface area contributed by atoms with Gasteiger partial charge in [-0.2, -0.15) is 10.2 Å². The first-order valence-electron chi connectivity index (χ1n) is 4.02. The molecule has 0 saturated heterocycles. The monoisotopic (exact) mass is 197 g/mol. The number of carbonyl (C=O) groups excluding carboxylic acids is 1. The maximum absolute atomic E-state index is 11.3. The average molecular weight is 197 g/mol. The first kappa shape index (κ1) is 10.6. The van der Waals surface area contributed by atoms with Crippen molar-refractivity contribution in [2.24, 2.45) is 0 Å². The molecule has 0 bridgehead atoms. The molecule has 6 nitrogen and oxygen atoms in total. The summed E-state index contributed by atoms with van der Waals surface area (Å²) in [4.78, 5) is 16.1. The van der Waals surface area contributed by atoms with Crippen molar-refractivity contribution in [1.29, 1.82) is 0 Å². The quantitative estimate of drug-likeness (QED) is 0.522. The third kappa shape index (κ3) is 3.46. The molecule has 0 radical (unpaired) electrons. The van der Waals surface area contributed by atoms with Crippen LogP contribution in [0.15, 0.2) is 18.5 Å². The molecular weight excluding hydrogens is 186 g/mol. The van der Waals surface area contributed by atoms with Gasteiger partial charge in [0.15, 0.2) is 0 Å². The molecule has 1 amide bonds. The first-order chi connectivity index (χ1) is 6.84. The number of rotatable bonds is 5. The molecule has 76 valence electrons. The van der Waals surface area contributed by atoms with Crippen LogP contribution in [0.4, 0.5) is 0 Å². The Bertz CT molecular complexity index is 278. The van der Waals surface area contributed by atoms with E-state index < -0.39 is 0 Å². The lowest BCUT2D eigenvalue weighted by Gasteiger charge is -2.04. The van der Waals surface area contributed by atoms with Gasteiger partial charge in [-0.3, -0.25) is 9.63 Å². The summed E-state index contributed by atoms with van der Waals surface area (Å²) in [7, 11) is 1.55. The smallest absolute Gasteiger partial charge is 0.276 e. The SMILES string of the molecule is COCCONC(=O)c1ccnnc1. The van der Waals surface area contributed by atoms with Gasteiger partial charge in [-0.25, -0.2) is 5.48 Å². The molecule has 1 rings (SSSR count). The highest BCUT2D eigenvalue weighted by Gasteiger charge is 2.03. The second-order valence-electron chi connectivity index (χ2n) is 2.40. The number of nitrogens with zero attached hydrogens (tertiary/aromatic N) is 2. The number of methoxy groups -OCH3 is 1. The van der Waals surface area contributed by atoms with E-state index >= 15 is 0 Å². The van der Waals surface area contributed by atoms with E-state index in [1.807, 2.05) is 0 Å². The summed E-state index contributed by atoms with van der Waals surface area (Å²) in [6, 6.07) is 1.54. The predicted octanol–water partition coefficient (Wildman–Crippen LogP) is -0.216. The van der Waals surface area contributed by atoms with Crippen LogP contribution in [-0.2, 0) is 9.57 Å². The zero-order chi connectivity index (χ0) is 10.2. The lowest BCUT2D eigenvalue weighted by atomic mass is 10.3. The number of ether oxygens (including phenoxy) is 1. The molecule has 0 saturated carbocycles. The van der Waals surface area contributed by atoms with Crippen molar-refractivity contribution >= 4 is 5.91 Å². The summed E-state index contributed by atoms with van der Waals surface area (Å²) in [5.74, 6) is -0.351. The van der Waals surface area contributed by atoms with Gasteiger partial charge < -0.3 is 4.74 Å². The van der Waals surface area contributed by atoms with Gasteiger partial charge in [0.25, 0.3) is 5.91 Å². The van der Waals surface area contributed by atoms with Crippen LogP contribution >= 0.6 is 0 Å². The van der Waals surface area contributed by atoms with E-state index in [1.54, 1.807) is 13.2 Å². The molecule has 0 aromatic carbocycles. The van der Waals surface area contributed by atoms with Crippen LogP contribution in [-0.4, -0.2) is 36.4 Å². The van der Waals surface area contributed by atoms with E-state index in [0.29, 0.717) is 18.8 Å². The minimum absolute atomic E-state index is 0.306. The zero-order valence-electron chi connectivity index (χ0n) is 7.77. The Morgan fingerprint density at radius 3 is 3.00 bits per heavy atom. The Morgan fingerprint density at radius 1 is 1.50 bits per heavy atom. The highest BCUT2D eigenvalue weighted by Crippen LogP contribution is 1.92. The van der Waals surface area contributed by atoms with Gasteiger partial charge >= 0.3 is 0 Å². The van der Waals surface area contributed by atoms with Crippen LogP contribution in [0.1, 0.15) is 10.4 Å². The van der Waals surface area contributed by atoms with Gasteiger partial charge in [-0.05, 0) is 6.07 Å². The summed E-state index contributed by atoms with van der Waals surface area (Å²) in [6.45, 7) is 0.732. The highest BCUT2D eigenvalue weighted by molar-refractivity contribution is 5.92.